The summed E-state index contributed by atoms with van der Waals surface area (Å²) in [5.41, 5.74) is 2.54. The minimum absolute atomic E-state index is 0.0759. The standard InChI is InChI=1S/C20H31N3O4S/c1-12(2)16-8-7-9-17(13(3)4)19(16)21-20(25)22-28(26,27)15-10-18(24)23(11-15)14(5)6/h7-9,12-15H,10-11H2,1-6H3,(H2,21,22,25). The first-order valence-corrected chi connectivity index (χ1v) is 11.2. The minimum atomic E-state index is -3.97. The topological polar surface area (TPSA) is 95.6 Å². The van der Waals surface area contributed by atoms with Crippen molar-refractivity contribution in [3.63, 3.8) is 0 Å². The monoisotopic (exact) mass is 409 g/mol. The second-order valence-electron chi connectivity index (χ2n) is 8.19. The summed E-state index contributed by atoms with van der Waals surface area (Å²) in [6, 6.07) is 4.92. The Morgan fingerprint density at radius 1 is 1.07 bits per heavy atom. The number of nitrogens with zero attached hydrogens (tertiary/aromatic N) is 1. The molecular weight excluding hydrogens is 378 g/mol. The van der Waals surface area contributed by atoms with Crippen molar-refractivity contribution in [2.75, 3.05) is 11.9 Å². The van der Waals surface area contributed by atoms with Gasteiger partial charge in [-0.25, -0.2) is 17.9 Å². The lowest BCUT2D eigenvalue weighted by Gasteiger charge is -2.22. The fraction of sp³-hybridized carbons (Fsp3) is 0.600. The van der Waals surface area contributed by atoms with Gasteiger partial charge < -0.3 is 10.2 Å². The largest absolute Gasteiger partial charge is 0.339 e. The predicted molar refractivity (Wildman–Crippen MR) is 111 cm³/mol. The molecule has 0 radical (unpaired) electrons. The van der Waals surface area contributed by atoms with E-state index in [-0.39, 0.29) is 36.8 Å². The summed E-state index contributed by atoms with van der Waals surface area (Å²) in [7, 11) is -3.97. The van der Waals surface area contributed by atoms with Gasteiger partial charge in [0.05, 0.1) is 0 Å². The zero-order valence-corrected chi connectivity index (χ0v) is 18.3. The number of sulfonamides is 1. The van der Waals surface area contributed by atoms with Gasteiger partial charge in [0.15, 0.2) is 0 Å². The molecule has 3 amide bonds. The summed E-state index contributed by atoms with van der Waals surface area (Å²) in [5.74, 6) is 0.119. The zero-order chi connectivity index (χ0) is 21.2. The molecular formula is C20H31N3O4S. The highest BCUT2D eigenvalue weighted by Gasteiger charge is 2.40. The first-order chi connectivity index (χ1) is 12.9. The van der Waals surface area contributed by atoms with Crippen LogP contribution in [0.25, 0.3) is 0 Å². The molecule has 0 saturated carbocycles. The molecule has 1 aromatic carbocycles. The van der Waals surface area contributed by atoms with Gasteiger partial charge in [-0.1, -0.05) is 45.9 Å². The highest BCUT2D eigenvalue weighted by atomic mass is 32.2. The molecule has 0 aliphatic carbocycles. The summed E-state index contributed by atoms with van der Waals surface area (Å²) in [5, 5.41) is 1.81. The van der Waals surface area contributed by atoms with E-state index in [1.165, 1.54) is 4.90 Å². The molecule has 1 fully saturated rings. The summed E-state index contributed by atoms with van der Waals surface area (Å²) >= 11 is 0. The molecule has 0 bridgehead atoms. The normalized spacial score (nSPS) is 17.7. The van der Waals surface area contributed by atoms with Crippen LogP contribution >= 0.6 is 0 Å². The van der Waals surface area contributed by atoms with E-state index in [2.05, 4.69) is 10.0 Å². The number of carbonyl (C=O) groups excluding carboxylic acids is 2. The van der Waals surface area contributed by atoms with E-state index < -0.39 is 21.3 Å². The lowest BCUT2D eigenvalue weighted by atomic mass is 9.93. The number of benzene rings is 1. The molecule has 1 atom stereocenters. The molecule has 8 heteroatoms. The first-order valence-electron chi connectivity index (χ1n) is 9.68. The highest BCUT2D eigenvalue weighted by Crippen LogP contribution is 2.32. The number of hydrogen-bond acceptors (Lipinski definition) is 4. The van der Waals surface area contributed by atoms with E-state index in [1.54, 1.807) is 0 Å². The number of amides is 3. The number of likely N-dealkylation sites (tertiary alicyclic amines) is 1. The van der Waals surface area contributed by atoms with Crippen LogP contribution < -0.4 is 10.0 Å². The Hall–Kier alpha value is -2.09. The Morgan fingerprint density at radius 3 is 2.04 bits per heavy atom. The van der Waals surface area contributed by atoms with E-state index in [0.29, 0.717) is 5.69 Å². The molecule has 1 saturated heterocycles. The molecule has 156 valence electrons. The van der Waals surface area contributed by atoms with Crippen LogP contribution in [0, 0.1) is 0 Å². The first kappa shape index (κ1) is 22.2. The minimum Gasteiger partial charge on any atom is -0.339 e. The molecule has 2 rings (SSSR count). The maximum Gasteiger partial charge on any atom is 0.332 e. The van der Waals surface area contributed by atoms with Crippen molar-refractivity contribution in [2.24, 2.45) is 0 Å². The molecule has 28 heavy (non-hydrogen) atoms. The predicted octanol–water partition coefficient (Wildman–Crippen LogP) is 3.39. The van der Waals surface area contributed by atoms with Crippen molar-refractivity contribution in [3.8, 4) is 0 Å². The number of carbonyl (C=O) groups is 2. The van der Waals surface area contributed by atoms with Crippen molar-refractivity contribution in [2.45, 2.75) is 71.1 Å². The number of para-hydroxylation sites is 1. The second-order valence-corrected chi connectivity index (χ2v) is 10.1. The fourth-order valence-electron chi connectivity index (χ4n) is 3.45. The van der Waals surface area contributed by atoms with Gasteiger partial charge in [0, 0.05) is 24.7 Å². The van der Waals surface area contributed by atoms with E-state index >= 15 is 0 Å². The molecule has 1 aliphatic rings. The SMILES string of the molecule is CC(C)c1cccc(C(C)C)c1NC(=O)NS(=O)(=O)C1CC(=O)N(C(C)C)C1. The molecule has 2 N–H and O–H groups in total. The summed E-state index contributed by atoms with van der Waals surface area (Å²) in [4.78, 5) is 26.1. The van der Waals surface area contributed by atoms with Gasteiger partial charge in [0.1, 0.15) is 5.25 Å². The van der Waals surface area contributed by atoms with Crippen molar-refractivity contribution >= 4 is 27.6 Å². The summed E-state index contributed by atoms with van der Waals surface area (Å²) < 4.78 is 27.4. The van der Waals surface area contributed by atoms with Gasteiger partial charge in [-0.05, 0) is 36.8 Å². The zero-order valence-electron chi connectivity index (χ0n) is 17.4. The number of hydrogen-bond donors (Lipinski definition) is 2. The summed E-state index contributed by atoms with van der Waals surface area (Å²) in [6.45, 7) is 11.8. The van der Waals surface area contributed by atoms with Crippen LogP contribution in [0.5, 0.6) is 0 Å². The van der Waals surface area contributed by atoms with Crippen molar-refractivity contribution in [1.29, 1.82) is 0 Å². The molecule has 1 unspecified atom stereocenters. The number of rotatable bonds is 6. The van der Waals surface area contributed by atoms with Gasteiger partial charge in [0.2, 0.25) is 15.9 Å². The Morgan fingerprint density at radius 2 is 1.61 bits per heavy atom. The Bertz CT molecular complexity index is 821. The lowest BCUT2D eigenvalue weighted by Crippen LogP contribution is -2.42. The lowest BCUT2D eigenvalue weighted by molar-refractivity contribution is -0.129. The van der Waals surface area contributed by atoms with Crippen molar-refractivity contribution in [1.82, 2.24) is 9.62 Å². The molecule has 1 heterocycles. The molecule has 1 aliphatic heterocycles. The van der Waals surface area contributed by atoms with Gasteiger partial charge >= 0.3 is 6.03 Å². The number of anilines is 1. The molecule has 7 nitrogen and oxygen atoms in total. The maximum absolute atomic E-state index is 12.6. The Balaban J connectivity index is 2.20. The maximum atomic E-state index is 12.6. The Kier molecular flexibility index (Phi) is 6.75. The third kappa shape index (κ3) is 4.84. The Labute approximate surface area is 167 Å². The van der Waals surface area contributed by atoms with Crippen LogP contribution in [0.3, 0.4) is 0 Å². The number of nitrogens with one attached hydrogen (secondary N) is 2. The van der Waals surface area contributed by atoms with Gasteiger partial charge in [0.25, 0.3) is 0 Å². The highest BCUT2D eigenvalue weighted by molar-refractivity contribution is 7.90. The molecule has 1 aromatic rings. The second kappa shape index (κ2) is 8.51. The third-order valence-electron chi connectivity index (χ3n) is 5.03. The van der Waals surface area contributed by atoms with Crippen LogP contribution in [0.2, 0.25) is 0 Å². The van der Waals surface area contributed by atoms with Crippen LogP contribution in [0.1, 0.15) is 70.9 Å². The van der Waals surface area contributed by atoms with Crippen LogP contribution in [-0.4, -0.2) is 43.1 Å². The molecule has 0 aromatic heterocycles. The van der Waals surface area contributed by atoms with Crippen LogP contribution in [0.4, 0.5) is 10.5 Å². The van der Waals surface area contributed by atoms with Crippen LogP contribution in [0.15, 0.2) is 18.2 Å². The van der Waals surface area contributed by atoms with E-state index in [4.69, 9.17) is 0 Å². The quantitative estimate of drug-likeness (QED) is 0.753. The fourth-order valence-corrected chi connectivity index (χ4v) is 4.65. The summed E-state index contributed by atoms with van der Waals surface area (Å²) in [6.07, 6.45) is -0.110. The van der Waals surface area contributed by atoms with E-state index in [9.17, 15) is 18.0 Å². The van der Waals surface area contributed by atoms with Gasteiger partial charge in [-0.15, -0.1) is 0 Å². The van der Waals surface area contributed by atoms with E-state index in [0.717, 1.165) is 11.1 Å². The smallest absolute Gasteiger partial charge is 0.332 e. The van der Waals surface area contributed by atoms with Gasteiger partial charge in [-0.2, -0.15) is 0 Å². The number of urea groups is 1. The van der Waals surface area contributed by atoms with Crippen molar-refractivity contribution in [3.05, 3.63) is 29.3 Å². The van der Waals surface area contributed by atoms with E-state index in [1.807, 2.05) is 59.7 Å². The van der Waals surface area contributed by atoms with Crippen molar-refractivity contribution < 1.29 is 18.0 Å². The van der Waals surface area contributed by atoms with Crippen LogP contribution in [-0.2, 0) is 14.8 Å². The third-order valence-corrected chi connectivity index (χ3v) is 6.69. The molecule has 0 spiro atoms. The average molecular weight is 410 g/mol. The average Bonchev–Trinajstić information content (AvgIpc) is 2.97. The van der Waals surface area contributed by atoms with Gasteiger partial charge in [-0.3, -0.25) is 4.79 Å².